The fraction of sp³-hybridized carbons (Fsp3) is 0.556. The summed E-state index contributed by atoms with van der Waals surface area (Å²) in [5.74, 6) is 0.190. The van der Waals surface area contributed by atoms with Crippen LogP contribution in [0.1, 0.15) is 19.3 Å². The van der Waals surface area contributed by atoms with E-state index in [-0.39, 0.29) is 5.82 Å². The smallest absolute Gasteiger partial charge is 0.329 e. The van der Waals surface area contributed by atoms with Gasteiger partial charge in [-0.3, -0.25) is 14.3 Å². The Balaban J connectivity index is 2.41. The molecule has 0 aromatic carbocycles. The third-order valence-corrected chi connectivity index (χ3v) is 2.82. The Kier molecular flexibility index (Phi) is 2.26. The second kappa shape index (κ2) is 3.45. The van der Waals surface area contributed by atoms with Crippen LogP contribution in [0.25, 0.3) is 0 Å². The summed E-state index contributed by atoms with van der Waals surface area (Å²) >= 11 is 0. The van der Waals surface area contributed by atoms with Crippen molar-refractivity contribution in [2.45, 2.75) is 25.3 Å². The highest BCUT2D eigenvalue weighted by atomic mass is 16.2. The Morgan fingerprint density at radius 1 is 1.47 bits per heavy atom. The molecule has 0 spiro atoms. The predicted octanol–water partition coefficient (Wildman–Crippen LogP) is -0.380. The van der Waals surface area contributed by atoms with Crippen LogP contribution in [-0.4, -0.2) is 15.6 Å². The molecule has 0 saturated heterocycles. The fourth-order valence-electron chi connectivity index (χ4n) is 1.53. The van der Waals surface area contributed by atoms with Crippen molar-refractivity contribution in [2.75, 3.05) is 11.1 Å². The molecular formula is C9H14N4O2. The maximum absolute atomic E-state index is 11.5. The molecule has 1 fully saturated rings. The average molecular weight is 210 g/mol. The van der Waals surface area contributed by atoms with Crippen LogP contribution in [0.2, 0.25) is 0 Å². The number of nitrogens with two attached hydrogens (primary N) is 1. The molecule has 6 nitrogen and oxygen atoms in total. The predicted molar refractivity (Wildman–Crippen MR) is 58.0 cm³/mol. The maximum Gasteiger partial charge on any atom is 0.329 e. The average Bonchev–Trinajstić information content (AvgIpc) is 2.11. The van der Waals surface area contributed by atoms with Gasteiger partial charge in [-0.25, -0.2) is 4.79 Å². The highest BCUT2D eigenvalue weighted by molar-refractivity contribution is 5.60. The van der Waals surface area contributed by atoms with Crippen LogP contribution in [0.4, 0.5) is 11.5 Å². The Morgan fingerprint density at radius 2 is 2.13 bits per heavy atom. The zero-order valence-electron chi connectivity index (χ0n) is 8.54. The van der Waals surface area contributed by atoms with Crippen LogP contribution >= 0.6 is 0 Å². The zero-order chi connectivity index (χ0) is 11.0. The third-order valence-electron chi connectivity index (χ3n) is 2.82. The molecule has 2 rings (SSSR count). The molecule has 0 atom stereocenters. The van der Waals surface area contributed by atoms with Gasteiger partial charge in [0.1, 0.15) is 11.5 Å². The molecule has 0 amide bonds. The molecule has 1 aromatic heterocycles. The number of rotatable bonds is 2. The van der Waals surface area contributed by atoms with Gasteiger partial charge in [0.05, 0.1) is 0 Å². The Hall–Kier alpha value is -1.72. The van der Waals surface area contributed by atoms with E-state index < -0.39 is 11.2 Å². The van der Waals surface area contributed by atoms with Crippen LogP contribution in [0.5, 0.6) is 0 Å². The van der Waals surface area contributed by atoms with Gasteiger partial charge in [-0.2, -0.15) is 0 Å². The van der Waals surface area contributed by atoms with E-state index in [4.69, 9.17) is 5.73 Å². The zero-order valence-corrected chi connectivity index (χ0v) is 8.54. The first-order valence-electron chi connectivity index (χ1n) is 4.95. The normalized spacial score (nSPS) is 16.1. The monoisotopic (exact) mass is 210 g/mol. The van der Waals surface area contributed by atoms with Crippen LogP contribution in [0.3, 0.4) is 0 Å². The van der Waals surface area contributed by atoms with E-state index in [0.29, 0.717) is 11.7 Å². The van der Waals surface area contributed by atoms with Crippen LogP contribution in [0, 0.1) is 0 Å². The first-order chi connectivity index (χ1) is 7.09. The number of anilines is 2. The minimum absolute atomic E-state index is 0.190. The highest BCUT2D eigenvalue weighted by Crippen LogP contribution is 2.23. The number of nitrogens with zero attached hydrogens (tertiary/aromatic N) is 1. The Labute approximate surface area is 86.1 Å². The van der Waals surface area contributed by atoms with Gasteiger partial charge in [0.2, 0.25) is 0 Å². The molecular weight excluding hydrogens is 196 g/mol. The molecule has 1 heterocycles. The minimum Gasteiger partial charge on any atom is -0.383 e. The van der Waals surface area contributed by atoms with Gasteiger partial charge >= 0.3 is 5.69 Å². The second-order valence-corrected chi connectivity index (χ2v) is 3.85. The third kappa shape index (κ3) is 1.62. The lowest BCUT2D eigenvalue weighted by Crippen LogP contribution is -2.36. The molecule has 15 heavy (non-hydrogen) atoms. The summed E-state index contributed by atoms with van der Waals surface area (Å²) in [6.45, 7) is 0. The van der Waals surface area contributed by atoms with Gasteiger partial charge in [0.15, 0.2) is 0 Å². The summed E-state index contributed by atoms with van der Waals surface area (Å²) in [5.41, 5.74) is 5.07. The van der Waals surface area contributed by atoms with E-state index in [0.717, 1.165) is 12.8 Å². The van der Waals surface area contributed by atoms with Crippen molar-refractivity contribution in [3.63, 3.8) is 0 Å². The van der Waals surface area contributed by atoms with E-state index >= 15 is 0 Å². The molecule has 1 aromatic rings. The SMILES string of the molecule is Cn1c(N)c(NC2CCC2)c(=O)[nH]c1=O. The van der Waals surface area contributed by atoms with Crippen molar-refractivity contribution in [2.24, 2.45) is 7.05 Å². The number of H-pyrrole nitrogens is 1. The standard InChI is InChI=1S/C9H14N4O2/c1-13-7(10)6(8(14)12-9(13)15)11-5-3-2-4-5/h5,11H,2-4,10H2,1H3,(H,12,14,15). The van der Waals surface area contributed by atoms with Crippen LogP contribution in [-0.2, 0) is 7.05 Å². The van der Waals surface area contributed by atoms with E-state index in [2.05, 4.69) is 10.3 Å². The van der Waals surface area contributed by atoms with Crippen LogP contribution < -0.4 is 22.3 Å². The van der Waals surface area contributed by atoms with E-state index in [1.165, 1.54) is 18.0 Å². The summed E-state index contributed by atoms with van der Waals surface area (Å²) < 4.78 is 1.22. The quantitative estimate of drug-likeness (QED) is 0.620. The molecule has 82 valence electrons. The number of hydrogen-bond donors (Lipinski definition) is 3. The first-order valence-corrected chi connectivity index (χ1v) is 4.95. The van der Waals surface area contributed by atoms with E-state index in [9.17, 15) is 9.59 Å². The molecule has 6 heteroatoms. The van der Waals surface area contributed by atoms with Crippen molar-refractivity contribution in [1.29, 1.82) is 0 Å². The van der Waals surface area contributed by atoms with E-state index in [1.54, 1.807) is 0 Å². The van der Waals surface area contributed by atoms with Gasteiger partial charge < -0.3 is 11.1 Å². The molecule has 0 radical (unpaired) electrons. The molecule has 4 N–H and O–H groups in total. The van der Waals surface area contributed by atoms with Gasteiger partial charge in [0.25, 0.3) is 5.56 Å². The number of aromatic nitrogens is 2. The maximum atomic E-state index is 11.5. The summed E-state index contributed by atoms with van der Waals surface area (Å²) in [6, 6.07) is 0.311. The first kappa shape index (κ1) is 9.82. The molecule has 0 bridgehead atoms. The van der Waals surface area contributed by atoms with Gasteiger partial charge in [-0.05, 0) is 19.3 Å². The largest absolute Gasteiger partial charge is 0.383 e. The van der Waals surface area contributed by atoms with Crippen molar-refractivity contribution < 1.29 is 0 Å². The number of nitrogen functional groups attached to an aromatic ring is 1. The van der Waals surface area contributed by atoms with Crippen molar-refractivity contribution in [3.8, 4) is 0 Å². The lowest BCUT2D eigenvalue weighted by Gasteiger charge is -2.27. The molecule has 1 aliphatic carbocycles. The molecule has 1 saturated carbocycles. The Morgan fingerprint density at radius 3 is 2.67 bits per heavy atom. The van der Waals surface area contributed by atoms with Gasteiger partial charge in [0, 0.05) is 13.1 Å². The van der Waals surface area contributed by atoms with Crippen molar-refractivity contribution >= 4 is 11.5 Å². The van der Waals surface area contributed by atoms with Crippen molar-refractivity contribution in [1.82, 2.24) is 9.55 Å². The fourth-order valence-corrected chi connectivity index (χ4v) is 1.53. The summed E-state index contributed by atoms with van der Waals surface area (Å²) in [4.78, 5) is 24.9. The van der Waals surface area contributed by atoms with Crippen LogP contribution in [0.15, 0.2) is 9.59 Å². The second-order valence-electron chi connectivity index (χ2n) is 3.85. The van der Waals surface area contributed by atoms with Gasteiger partial charge in [-0.15, -0.1) is 0 Å². The molecule has 0 aliphatic heterocycles. The topological polar surface area (TPSA) is 92.9 Å². The molecule has 0 unspecified atom stereocenters. The highest BCUT2D eigenvalue weighted by Gasteiger charge is 2.20. The van der Waals surface area contributed by atoms with Gasteiger partial charge in [-0.1, -0.05) is 0 Å². The number of aromatic amines is 1. The summed E-state index contributed by atoms with van der Waals surface area (Å²) in [5, 5.41) is 3.05. The summed E-state index contributed by atoms with van der Waals surface area (Å²) in [6.07, 6.45) is 3.25. The lowest BCUT2D eigenvalue weighted by atomic mass is 9.93. The summed E-state index contributed by atoms with van der Waals surface area (Å²) in [7, 11) is 1.53. The minimum atomic E-state index is -0.489. The Bertz CT molecular complexity index is 484. The number of nitrogens with one attached hydrogen (secondary N) is 2. The lowest BCUT2D eigenvalue weighted by molar-refractivity contribution is 0.445. The molecule has 1 aliphatic rings. The van der Waals surface area contributed by atoms with E-state index in [1.807, 2.05) is 0 Å². The number of hydrogen-bond acceptors (Lipinski definition) is 4. The van der Waals surface area contributed by atoms with Crippen molar-refractivity contribution in [3.05, 3.63) is 20.8 Å².